The van der Waals surface area contributed by atoms with Crippen molar-refractivity contribution >= 4 is 28.9 Å². The minimum atomic E-state index is -0.477. The predicted octanol–water partition coefficient (Wildman–Crippen LogP) is 4.49. The highest BCUT2D eigenvalue weighted by molar-refractivity contribution is 6.34. The number of methoxy groups -OCH3 is 1. The molecule has 5 nitrogen and oxygen atoms in total. The van der Waals surface area contributed by atoms with Gasteiger partial charge in [-0.25, -0.2) is 0 Å². The van der Waals surface area contributed by atoms with E-state index in [-0.39, 0.29) is 12.3 Å². The van der Waals surface area contributed by atoms with Gasteiger partial charge < -0.3 is 9.47 Å². The molecule has 2 aromatic rings. The first-order chi connectivity index (χ1) is 10.0. The normalized spacial score (nSPS) is 10.2. The number of hydrogen-bond donors (Lipinski definition) is 0. The molecule has 110 valence electrons. The van der Waals surface area contributed by atoms with Gasteiger partial charge in [0.2, 0.25) is 0 Å². The Morgan fingerprint density at radius 3 is 2.57 bits per heavy atom. The quantitative estimate of drug-likeness (QED) is 0.599. The number of nitro benzene ring substituents is 1. The van der Waals surface area contributed by atoms with Gasteiger partial charge in [-0.1, -0.05) is 23.2 Å². The second-order valence-corrected chi connectivity index (χ2v) is 4.96. The molecule has 0 bridgehead atoms. The molecule has 0 heterocycles. The third-order valence-electron chi connectivity index (χ3n) is 2.75. The third kappa shape index (κ3) is 3.77. The van der Waals surface area contributed by atoms with Gasteiger partial charge in [-0.3, -0.25) is 10.1 Å². The lowest BCUT2D eigenvalue weighted by Crippen LogP contribution is -2.00. The van der Waals surface area contributed by atoms with Crippen molar-refractivity contribution in [3.63, 3.8) is 0 Å². The molecule has 0 aliphatic carbocycles. The number of non-ortho nitro benzene ring substituents is 1. The SMILES string of the molecule is COc1ccc([N+](=O)[O-])cc1COc1cc(Cl)ccc1Cl. The Morgan fingerprint density at radius 2 is 1.90 bits per heavy atom. The molecule has 0 saturated heterocycles. The monoisotopic (exact) mass is 327 g/mol. The molecule has 0 atom stereocenters. The lowest BCUT2D eigenvalue weighted by molar-refractivity contribution is -0.385. The van der Waals surface area contributed by atoms with Gasteiger partial charge in [0.15, 0.2) is 0 Å². The Balaban J connectivity index is 2.24. The van der Waals surface area contributed by atoms with E-state index in [1.165, 1.54) is 25.3 Å². The van der Waals surface area contributed by atoms with E-state index >= 15 is 0 Å². The van der Waals surface area contributed by atoms with Crippen molar-refractivity contribution in [3.8, 4) is 11.5 Å². The molecule has 2 rings (SSSR count). The molecule has 7 heteroatoms. The molecule has 0 aromatic heterocycles. The Morgan fingerprint density at radius 1 is 1.14 bits per heavy atom. The number of ether oxygens (including phenoxy) is 2. The van der Waals surface area contributed by atoms with Crippen molar-refractivity contribution < 1.29 is 14.4 Å². The molecule has 0 aliphatic heterocycles. The summed E-state index contributed by atoms with van der Waals surface area (Å²) in [6, 6.07) is 9.13. The lowest BCUT2D eigenvalue weighted by Gasteiger charge is -2.11. The average Bonchev–Trinajstić information content (AvgIpc) is 2.47. The number of nitrogens with zero attached hydrogens (tertiary/aromatic N) is 1. The molecule has 0 spiro atoms. The van der Waals surface area contributed by atoms with E-state index in [0.717, 1.165) is 0 Å². The van der Waals surface area contributed by atoms with E-state index in [1.807, 2.05) is 0 Å². The van der Waals surface area contributed by atoms with Gasteiger partial charge in [-0.2, -0.15) is 0 Å². The van der Waals surface area contributed by atoms with Crippen molar-refractivity contribution in [1.82, 2.24) is 0 Å². The van der Waals surface area contributed by atoms with E-state index < -0.39 is 4.92 Å². The summed E-state index contributed by atoms with van der Waals surface area (Å²) >= 11 is 11.9. The van der Waals surface area contributed by atoms with Gasteiger partial charge in [-0.05, 0) is 18.2 Å². The zero-order valence-electron chi connectivity index (χ0n) is 11.0. The molecular formula is C14H11Cl2NO4. The summed E-state index contributed by atoms with van der Waals surface area (Å²) in [6.07, 6.45) is 0. The minimum Gasteiger partial charge on any atom is -0.496 e. The second-order valence-electron chi connectivity index (χ2n) is 4.12. The maximum Gasteiger partial charge on any atom is 0.270 e. The predicted molar refractivity (Wildman–Crippen MR) is 80.4 cm³/mol. The maximum atomic E-state index is 10.8. The van der Waals surface area contributed by atoms with Crippen LogP contribution in [-0.2, 0) is 6.61 Å². The van der Waals surface area contributed by atoms with E-state index in [9.17, 15) is 10.1 Å². The summed E-state index contributed by atoms with van der Waals surface area (Å²) < 4.78 is 10.7. The van der Waals surface area contributed by atoms with Crippen molar-refractivity contribution in [3.05, 3.63) is 62.1 Å². The van der Waals surface area contributed by atoms with Crippen LogP contribution in [0.5, 0.6) is 11.5 Å². The maximum absolute atomic E-state index is 10.8. The van der Waals surface area contributed by atoms with Crippen LogP contribution in [0.2, 0.25) is 10.0 Å². The zero-order chi connectivity index (χ0) is 15.4. The fourth-order valence-corrected chi connectivity index (χ4v) is 2.07. The van der Waals surface area contributed by atoms with Crippen LogP contribution in [0, 0.1) is 10.1 Å². The Hall–Kier alpha value is -1.98. The number of rotatable bonds is 5. The van der Waals surface area contributed by atoms with Crippen molar-refractivity contribution in [2.24, 2.45) is 0 Å². The molecule has 0 amide bonds. The summed E-state index contributed by atoms with van der Waals surface area (Å²) in [5.74, 6) is 0.900. The molecule has 0 fully saturated rings. The van der Waals surface area contributed by atoms with Crippen LogP contribution in [0.15, 0.2) is 36.4 Å². The van der Waals surface area contributed by atoms with Gasteiger partial charge in [0.1, 0.15) is 18.1 Å². The third-order valence-corrected chi connectivity index (χ3v) is 3.30. The topological polar surface area (TPSA) is 61.6 Å². The molecule has 0 N–H and O–H groups in total. The number of hydrogen-bond acceptors (Lipinski definition) is 4. The number of nitro groups is 1. The summed E-state index contributed by atoms with van der Waals surface area (Å²) in [5.41, 5.74) is 0.509. The van der Waals surface area contributed by atoms with Crippen LogP contribution in [0.1, 0.15) is 5.56 Å². The standard InChI is InChI=1S/C14H11Cl2NO4/c1-20-13-5-3-11(17(18)19)6-9(13)8-21-14-7-10(15)2-4-12(14)16/h2-7H,8H2,1H3. The number of benzene rings is 2. The summed E-state index contributed by atoms with van der Waals surface area (Å²) in [7, 11) is 1.48. The summed E-state index contributed by atoms with van der Waals surface area (Å²) in [6.45, 7) is 0.0743. The van der Waals surface area contributed by atoms with E-state index in [2.05, 4.69) is 0 Å². The van der Waals surface area contributed by atoms with E-state index in [1.54, 1.807) is 18.2 Å². The molecular weight excluding hydrogens is 317 g/mol. The summed E-state index contributed by atoms with van der Waals surface area (Å²) in [5, 5.41) is 11.7. The lowest BCUT2D eigenvalue weighted by atomic mass is 10.2. The first-order valence-electron chi connectivity index (χ1n) is 5.90. The molecule has 0 radical (unpaired) electrons. The highest BCUT2D eigenvalue weighted by Crippen LogP contribution is 2.30. The van der Waals surface area contributed by atoms with Crippen LogP contribution in [0.25, 0.3) is 0 Å². The minimum absolute atomic E-state index is 0.0356. The van der Waals surface area contributed by atoms with Gasteiger partial charge >= 0.3 is 0 Å². The number of halogens is 2. The van der Waals surface area contributed by atoms with Crippen LogP contribution >= 0.6 is 23.2 Å². The van der Waals surface area contributed by atoms with Gasteiger partial charge in [-0.15, -0.1) is 0 Å². The van der Waals surface area contributed by atoms with Crippen LogP contribution in [-0.4, -0.2) is 12.0 Å². The van der Waals surface area contributed by atoms with Crippen LogP contribution < -0.4 is 9.47 Å². The fourth-order valence-electron chi connectivity index (χ4n) is 1.73. The first-order valence-corrected chi connectivity index (χ1v) is 6.66. The van der Waals surface area contributed by atoms with Gasteiger partial charge in [0.05, 0.1) is 17.1 Å². The Bertz CT molecular complexity index is 676. The zero-order valence-corrected chi connectivity index (χ0v) is 12.5. The molecule has 0 aliphatic rings. The van der Waals surface area contributed by atoms with Crippen LogP contribution in [0.3, 0.4) is 0 Å². The molecule has 0 unspecified atom stereocenters. The molecule has 2 aromatic carbocycles. The van der Waals surface area contributed by atoms with Gasteiger partial charge in [0.25, 0.3) is 5.69 Å². The smallest absolute Gasteiger partial charge is 0.270 e. The molecule has 21 heavy (non-hydrogen) atoms. The van der Waals surface area contributed by atoms with Crippen LogP contribution in [0.4, 0.5) is 5.69 Å². The van der Waals surface area contributed by atoms with Crippen molar-refractivity contribution in [2.45, 2.75) is 6.61 Å². The van der Waals surface area contributed by atoms with Gasteiger partial charge in [0, 0.05) is 28.8 Å². The highest BCUT2D eigenvalue weighted by Gasteiger charge is 2.12. The van der Waals surface area contributed by atoms with Crippen molar-refractivity contribution in [1.29, 1.82) is 0 Å². The van der Waals surface area contributed by atoms with Crippen molar-refractivity contribution in [2.75, 3.05) is 7.11 Å². The second kappa shape index (κ2) is 6.65. The Labute approximate surface area is 131 Å². The highest BCUT2D eigenvalue weighted by atomic mass is 35.5. The largest absolute Gasteiger partial charge is 0.496 e. The van der Waals surface area contributed by atoms with E-state index in [4.69, 9.17) is 32.7 Å². The first kappa shape index (κ1) is 15.4. The average molecular weight is 328 g/mol. The van der Waals surface area contributed by atoms with E-state index in [0.29, 0.717) is 27.1 Å². The molecule has 0 saturated carbocycles. The fraction of sp³-hybridized carbons (Fsp3) is 0.143. The Kier molecular flexibility index (Phi) is 4.88. The summed E-state index contributed by atoms with van der Waals surface area (Å²) in [4.78, 5) is 10.3.